The highest BCUT2D eigenvalue weighted by Crippen LogP contribution is 2.32. The van der Waals surface area contributed by atoms with E-state index >= 15 is 0 Å². The van der Waals surface area contributed by atoms with Crippen molar-refractivity contribution in [2.75, 3.05) is 12.3 Å². The fraction of sp³-hybridized carbons (Fsp3) is 0.667. The molecule has 118 valence electrons. The molecule has 21 heavy (non-hydrogen) atoms. The first-order chi connectivity index (χ1) is 9.94. The summed E-state index contributed by atoms with van der Waals surface area (Å²) in [4.78, 5) is 1.34. The zero-order valence-electron chi connectivity index (χ0n) is 13.8. The molecule has 1 aliphatic rings. The zero-order chi connectivity index (χ0) is 15.3. The Bertz CT molecular complexity index is 427. The van der Waals surface area contributed by atoms with Crippen LogP contribution in [0.1, 0.15) is 46.1 Å². The Labute approximate surface area is 134 Å². The van der Waals surface area contributed by atoms with Gasteiger partial charge in [-0.25, -0.2) is 0 Å². The van der Waals surface area contributed by atoms with Gasteiger partial charge in [-0.05, 0) is 56.8 Å². The highest BCUT2D eigenvalue weighted by molar-refractivity contribution is 7.99. The van der Waals surface area contributed by atoms with Crippen LogP contribution < -0.4 is 5.32 Å². The van der Waals surface area contributed by atoms with Crippen molar-refractivity contribution in [3.8, 4) is 0 Å². The van der Waals surface area contributed by atoms with Crippen LogP contribution in [-0.2, 0) is 11.3 Å². The minimum atomic E-state index is 0.0805. The van der Waals surface area contributed by atoms with Crippen LogP contribution in [0.25, 0.3) is 0 Å². The molecule has 0 bridgehead atoms. The fourth-order valence-electron chi connectivity index (χ4n) is 2.59. The van der Waals surface area contributed by atoms with E-state index in [4.69, 9.17) is 4.74 Å². The maximum Gasteiger partial charge on any atom is 0.0677 e. The van der Waals surface area contributed by atoms with E-state index in [1.54, 1.807) is 0 Å². The van der Waals surface area contributed by atoms with Gasteiger partial charge < -0.3 is 10.1 Å². The second-order valence-corrected chi connectivity index (χ2v) is 8.11. The van der Waals surface area contributed by atoms with E-state index < -0.39 is 0 Å². The van der Waals surface area contributed by atoms with Gasteiger partial charge in [0.25, 0.3) is 0 Å². The summed E-state index contributed by atoms with van der Waals surface area (Å²) in [7, 11) is 0. The summed E-state index contributed by atoms with van der Waals surface area (Å²) < 4.78 is 6.04. The minimum Gasteiger partial charge on any atom is -0.371 e. The highest BCUT2D eigenvalue weighted by Gasteiger charge is 2.31. The van der Waals surface area contributed by atoms with Gasteiger partial charge in [-0.1, -0.05) is 26.0 Å². The molecule has 1 aliphatic heterocycles. The van der Waals surface area contributed by atoms with Gasteiger partial charge in [0.2, 0.25) is 0 Å². The van der Waals surface area contributed by atoms with Crippen LogP contribution in [0, 0.1) is 5.92 Å². The summed E-state index contributed by atoms with van der Waals surface area (Å²) >= 11 is 1.91. The summed E-state index contributed by atoms with van der Waals surface area (Å²) in [6.45, 7) is 10.9. The standard InChI is InChI=1S/C18H29NOS/c1-14(2)11-19-12-15-5-7-17(8-6-15)21-13-16-9-10-18(3,4)20-16/h5-8,14,16,19H,9-13H2,1-4H3. The molecule has 1 aromatic rings. The van der Waals surface area contributed by atoms with E-state index in [1.165, 1.54) is 23.3 Å². The van der Waals surface area contributed by atoms with Crippen molar-refractivity contribution in [1.29, 1.82) is 0 Å². The summed E-state index contributed by atoms with van der Waals surface area (Å²) in [5.74, 6) is 1.77. The van der Waals surface area contributed by atoms with E-state index in [2.05, 4.69) is 57.3 Å². The van der Waals surface area contributed by atoms with Crippen LogP contribution in [0.2, 0.25) is 0 Å². The largest absolute Gasteiger partial charge is 0.371 e. The van der Waals surface area contributed by atoms with Gasteiger partial charge in [-0.3, -0.25) is 0 Å². The van der Waals surface area contributed by atoms with Gasteiger partial charge in [0.1, 0.15) is 0 Å². The van der Waals surface area contributed by atoms with Crippen LogP contribution in [0.4, 0.5) is 0 Å². The Morgan fingerprint density at radius 2 is 2.00 bits per heavy atom. The molecule has 2 rings (SSSR count). The number of benzene rings is 1. The third-order valence-electron chi connectivity index (χ3n) is 3.80. The van der Waals surface area contributed by atoms with Gasteiger partial charge >= 0.3 is 0 Å². The molecule has 1 heterocycles. The first-order valence-corrected chi connectivity index (χ1v) is 9.03. The van der Waals surface area contributed by atoms with Crippen LogP contribution in [0.5, 0.6) is 0 Å². The average molecular weight is 308 g/mol. The van der Waals surface area contributed by atoms with Crippen molar-refractivity contribution in [2.45, 2.75) is 63.7 Å². The molecule has 1 saturated heterocycles. The lowest BCUT2D eigenvalue weighted by atomic mass is 10.1. The van der Waals surface area contributed by atoms with Crippen LogP contribution in [0.3, 0.4) is 0 Å². The molecule has 3 heteroatoms. The van der Waals surface area contributed by atoms with Crippen molar-refractivity contribution in [3.05, 3.63) is 29.8 Å². The monoisotopic (exact) mass is 307 g/mol. The van der Waals surface area contributed by atoms with E-state index in [-0.39, 0.29) is 5.60 Å². The molecule has 1 atom stereocenters. The van der Waals surface area contributed by atoms with Crippen molar-refractivity contribution in [1.82, 2.24) is 5.32 Å². The predicted molar refractivity (Wildman–Crippen MR) is 91.9 cm³/mol. The molecule has 1 aromatic carbocycles. The second-order valence-electron chi connectivity index (χ2n) is 7.02. The quantitative estimate of drug-likeness (QED) is 0.750. The van der Waals surface area contributed by atoms with Gasteiger partial charge in [-0.2, -0.15) is 0 Å². The number of rotatable bonds is 7. The zero-order valence-corrected chi connectivity index (χ0v) is 14.6. The molecule has 0 radical (unpaired) electrons. The summed E-state index contributed by atoms with van der Waals surface area (Å²) in [6.07, 6.45) is 2.79. The molecule has 0 aromatic heterocycles. The third kappa shape index (κ3) is 6.01. The molecule has 2 nitrogen and oxygen atoms in total. The maximum atomic E-state index is 6.04. The smallest absolute Gasteiger partial charge is 0.0677 e. The Morgan fingerprint density at radius 3 is 2.57 bits per heavy atom. The van der Waals surface area contributed by atoms with Crippen molar-refractivity contribution in [2.24, 2.45) is 5.92 Å². The SMILES string of the molecule is CC(C)CNCc1ccc(SCC2CCC(C)(C)O2)cc1. The lowest BCUT2D eigenvalue weighted by Gasteiger charge is -2.19. The second kappa shape index (κ2) is 7.66. The molecular weight excluding hydrogens is 278 g/mol. The van der Waals surface area contributed by atoms with E-state index in [1.807, 2.05) is 11.8 Å². The number of ether oxygens (including phenoxy) is 1. The number of hydrogen-bond acceptors (Lipinski definition) is 3. The van der Waals surface area contributed by atoms with Gasteiger partial charge in [0.15, 0.2) is 0 Å². The van der Waals surface area contributed by atoms with Crippen molar-refractivity contribution in [3.63, 3.8) is 0 Å². The molecule has 1 fully saturated rings. The van der Waals surface area contributed by atoms with Crippen LogP contribution in [-0.4, -0.2) is 24.0 Å². The molecule has 0 spiro atoms. The van der Waals surface area contributed by atoms with Gasteiger partial charge in [0, 0.05) is 17.2 Å². The van der Waals surface area contributed by atoms with E-state index in [0.29, 0.717) is 12.0 Å². The maximum absolute atomic E-state index is 6.04. The molecule has 1 N–H and O–H groups in total. The van der Waals surface area contributed by atoms with Crippen molar-refractivity contribution >= 4 is 11.8 Å². The molecule has 0 aliphatic carbocycles. The lowest BCUT2D eigenvalue weighted by Crippen LogP contribution is -2.21. The van der Waals surface area contributed by atoms with Gasteiger partial charge in [0.05, 0.1) is 11.7 Å². The summed E-state index contributed by atoms with van der Waals surface area (Å²) in [5.41, 5.74) is 1.44. The number of hydrogen-bond donors (Lipinski definition) is 1. The fourth-order valence-corrected chi connectivity index (χ4v) is 3.53. The van der Waals surface area contributed by atoms with E-state index in [9.17, 15) is 0 Å². The molecule has 0 amide bonds. The molecular formula is C18H29NOS. The lowest BCUT2D eigenvalue weighted by molar-refractivity contribution is -0.00466. The number of nitrogens with one attached hydrogen (secondary N) is 1. The topological polar surface area (TPSA) is 21.3 Å². The highest BCUT2D eigenvalue weighted by atomic mass is 32.2. The van der Waals surface area contributed by atoms with Crippen molar-refractivity contribution < 1.29 is 4.74 Å². The predicted octanol–water partition coefficient (Wildman–Crippen LogP) is 4.48. The first-order valence-electron chi connectivity index (χ1n) is 8.05. The normalized spacial score (nSPS) is 21.1. The average Bonchev–Trinajstić information content (AvgIpc) is 2.77. The Balaban J connectivity index is 1.72. The summed E-state index contributed by atoms with van der Waals surface area (Å²) in [5, 5.41) is 3.48. The molecule has 0 saturated carbocycles. The van der Waals surface area contributed by atoms with Crippen LogP contribution >= 0.6 is 11.8 Å². The molecule has 1 unspecified atom stereocenters. The number of thioether (sulfide) groups is 1. The minimum absolute atomic E-state index is 0.0805. The van der Waals surface area contributed by atoms with E-state index in [0.717, 1.165) is 18.8 Å². The summed E-state index contributed by atoms with van der Waals surface area (Å²) in [6, 6.07) is 8.93. The van der Waals surface area contributed by atoms with Crippen LogP contribution in [0.15, 0.2) is 29.2 Å². The third-order valence-corrected chi connectivity index (χ3v) is 4.94. The first kappa shape index (κ1) is 16.9. The Morgan fingerprint density at radius 1 is 1.29 bits per heavy atom. The Kier molecular flexibility index (Phi) is 6.15. The van der Waals surface area contributed by atoms with Gasteiger partial charge in [-0.15, -0.1) is 11.8 Å². The Hall–Kier alpha value is -0.510.